The average molecular weight is 190 g/mol. The summed E-state index contributed by atoms with van der Waals surface area (Å²) in [4.78, 5) is 0. The van der Waals surface area contributed by atoms with Crippen molar-refractivity contribution in [3.63, 3.8) is 0 Å². The number of hydrogen-bond donors (Lipinski definition) is 0. The Morgan fingerprint density at radius 3 is 2.21 bits per heavy atom. The van der Waals surface area contributed by atoms with Crippen LogP contribution in [0.25, 0.3) is 0 Å². The minimum absolute atomic E-state index is 0.0586. The molecule has 2 unspecified atom stereocenters. The molecule has 2 rings (SSSR count). The van der Waals surface area contributed by atoms with Crippen LogP contribution in [0.2, 0.25) is 0 Å². The van der Waals surface area contributed by atoms with Gasteiger partial charge in [-0.2, -0.15) is 0 Å². The second kappa shape index (κ2) is 3.09. The molecule has 1 saturated heterocycles. The maximum Gasteiger partial charge on any atom is 0.0989 e. The molecular formula is C13H18O. The molecule has 0 N–H and O–H groups in total. The molecule has 0 bridgehead atoms. The van der Waals surface area contributed by atoms with Crippen molar-refractivity contribution < 1.29 is 4.74 Å². The third-order valence-electron chi connectivity index (χ3n) is 3.59. The molecule has 1 nitrogen and oxygen atoms in total. The second-order valence-electron chi connectivity index (χ2n) is 4.58. The van der Waals surface area contributed by atoms with Crippen LogP contribution in [0, 0.1) is 0 Å². The molecule has 2 atom stereocenters. The molecule has 0 aliphatic carbocycles. The summed E-state index contributed by atoms with van der Waals surface area (Å²) >= 11 is 0. The summed E-state index contributed by atoms with van der Waals surface area (Å²) in [7, 11) is 0. The Kier molecular flexibility index (Phi) is 2.15. The monoisotopic (exact) mass is 190 g/mol. The van der Waals surface area contributed by atoms with Crippen molar-refractivity contribution >= 4 is 0 Å². The van der Waals surface area contributed by atoms with E-state index in [1.54, 1.807) is 0 Å². The summed E-state index contributed by atoms with van der Waals surface area (Å²) in [5.41, 5.74) is 1.53. The van der Waals surface area contributed by atoms with Crippen LogP contribution in [0.4, 0.5) is 0 Å². The van der Waals surface area contributed by atoms with Crippen molar-refractivity contribution in [1.82, 2.24) is 0 Å². The molecule has 1 aromatic carbocycles. The highest BCUT2D eigenvalue weighted by Gasteiger charge is 2.61. The van der Waals surface area contributed by atoms with Gasteiger partial charge in [0.25, 0.3) is 0 Å². The van der Waals surface area contributed by atoms with Crippen molar-refractivity contribution in [2.45, 2.75) is 44.8 Å². The van der Waals surface area contributed by atoms with Crippen LogP contribution >= 0.6 is 0 Å². The first kappa shape index (κ1) is 9.72. The predicted octanol–water partition coefficient (Wildman–Crippen LogP) is 3.19. The Morgan fingerprint density at radius 1 is 1.07 bits per heavy atom. The van der Waals surface area contributed by atoms with Crippen LogP contribution in [-0.4, -0.2) is 11.2 Å². The normalized spacial score (nSPS) is 35.6. The Labute approximate surface area is 86.1 Å². The average Bonchev–Trinajstić information content (AvgIpc) is 2.71. The summed E-state index contributed by atoms with van der Waals surface area (Å²) in [6.45, 7) is 6.61. The molecule has 76 valence electrons. The molecule has 1 aromatic rings. The van der Waals surface area contributed by atoms with Gasteiger partial charge in [-0.25, -0.2) is 0 Å². The maximum atomic E-state index is 5.85. The quantitative estimate of drug-likeness (QED) is 0.667. The zero-order chi connectivity index (χ0) is 10.2. The minimum atomic E-state index is 0.0586. The lowest BCUT2D eigenvalue weighted by molar-refractivity contribution is 0.273. The third kappa shape index (κ3) is 1.46. The van der Waals surface area contributed by atoms with E-state index in [1.807, 2.05) is 0 Å². The molecule has 0 radical (unpaired) electrons. The van der Waals surface area contributed by atoms with Crippen LogP contribution in [-0.2, 0) is 11.2 Å². The molecule has 0 saturated carbocycles. The van der Waals surface area contributed by atoms with E-state index >= 15 is 0 Å². The summed E-state index contributed by atoms with van der Waals surface area (Å²) in [5.74, 6) is 0. The predicted molar refractivity (Wildman–Crippen MR) is 58.3 cm³/mol. The second-order valence-corrected chi connectivity index (χ2v) is 4.58. The molecule has 1 heteroatoms. The first-order valence-corrected chi connectivity index (χ1v) is 5.34. The first-order chi connectivity index (χ1) is 6.60. The topological polar surface area (TPSA) is 12.5 Å². The van der Waals surface area contributed by atoms with Gasteiger partial charge in [0.2, 0.25) is 0 Å². The van der Waals surface area contributed by atoms with Crippen molar-refractivity contribution in [3.05, 3.63) is 35.9 Å². The fourth-order valence-electron chi connectivity index (χ4n) is 2.13. The molecular weight excluding hydrogens is 172 g/mol. The lowest BCUT2D eigenvalue weighted by Crippen LogP contribution is -2.21. The van der Waals surface area contributed by atoms with Crippen molar-refractivity contribution in [1.29, 1.82) is 0 Å². The van der Waals surface area contributed by atoms with E-state index in [0.717, 1.165) is 12.8 Å². The Morgan fingerprint density at radius 2 is 1.71 bits per heavy atom. The molecule has 1 fully saturated rings. The van der Waals surface area contributed by atoms with Crippen molar-refractivity contribution in [2.24, 2.45) is 0 Å². The highest BCUT2D eigenvalue weighted by atomic mass is 16.6. The first-order valence-electron chi connectivity index (χ1n) is 5.34. The Hall–Kier alpha value is -0.820. The standard InChI is InChI=1S/C13H18O/c1-4-12(2)13(3,14-12)10-11-8-6-5-7-9-11/h5-9H,4,10H2,1-3H3. The summed E-state index contributed by atoms with van der Waals surface area (Å²) in [6.07, 6.45) is 2.12. The largest absolute Gasteiger partial charge is 0.363 e. The molecule has 0 aromatic heterocycles. The molecule has 1 aliphatic rings. The van der Waals surface area contributed by atoms with Crippen molar-refractivity contribution in [2.75, 3.05) is 0 Å². The van der Waals surface area contributed by atoms with Gasteiger partial charge >= 0.3 is 0 Å². The van der Waals surface area contributed by atoms with Gasteiger partial charge in [-0.1, -0.05) is 37.3 Å². The fourth-order valence-corrected chi connectivity index (χ4v) is 2.13. The lowest BCUT2D eigenvalue weighted by atomic mass is 9.88. The van der Waals surface area contributed by atoms with Crippen LogP contribution in [0.3, 0.4) is 0 Å². The van der Waals surface area contributed by atoms with Crippen LogP contribution < -0.4 is 0 Å². The van der Waals surface area contributed by atoms with Crippen molar-refractivity contribution in [3.8, 4) is 0 Å². The zero-order valence-corrected chi connectivity index (χ0v) is 9.21. The van der Waals surface area contributed by atoms with Gasteiger partial charge in [0.1, 0.15) is 0 Å². The van der Waals surface area contributed by atoms with Crippen LogP contribution in [0.5, 0.6) is 0 Å². The summed E-state index contributed by atoms with van der Waals surface area (Å²) in [6, 6.07) is 10.6. The highest BCUT2D eigenvalue weighted by molar-refractivity contribution is 5.22. The number of epoxide rings is 1. The molecule has 1 aliphatic heterocycles. The van der Waals surface area contributed by atoms with Crippen LogP contribution in [0.1, 0.15) is 32.8 Å². The van der Waals surface area contributed by atoms with Crippen LogP contribution in [0.15, 0.2) is 30.3 Å². The number of benzene rings is 1. The molecule has 0 amide bonds. The highest BCUT2D eigenvalue weighted by Crippen LogP contribution is 2.51. The number of rotatable bonds is 3. The van der Waals surface area contributed by atoms with Gasteiger partial charge in [0, 0.05) is 6.42 Å². The lowest BCUT2D eigenvalue weighted by Gasteiger charge is -2.10. The fraction of sp³-hybridized carbons (Fsp3) is 0.538. The van der Waals surface area contributed by atoms with E-state index in [9.17, 15) is 0 Å². The summed E-state index contributed by atoms with van der Waals surface area (Å²) in [5, 5.41) is 0. The molecule has 14 heavy (non-hydrogen) atoms. The minimum Gasteiger partial charge on any atom is -0.363 e. The number of ether oxygens (including phenoxy) is 1. The van der Waals surface area contributed by atoms with Gasteiger partial charge in [0.05, 0.1) is 11.2 Å². The third-order valence-corrected chi connectivity index (χ3v) is 3.59. The van der Waals surface area contributed by atoms with Gasteiger partial charge in [0.15, 0.2) is 0 Å². The van der Waals surface area contributed by atoms with E-state index in [-0.39, 0.29) is 11.2 Å². The summed E-state index contributed by atoms with van der Waals surface area (Å²) < 4.78 is 5.85. The zero-order valence-electron chi connectivity index (χ0n) is 9.21. The Bertz CT molecular complexity index is 319. The van der Waals surface area contributed by atoms with E-state index in [2.05, 4.69) is 51.1 Å². The maximum absolute atomic E-state index is 5.85. The van der Waals surface area contributed by atoms with Gasteiger partial charge in [-0.3, -0.25) is 0 Å². The van der Waals surface area contributed by atoms with E-state index in [0.29, 0.717) is 0 Å². The number of hydrogen-bond acceptors (Lipinski definition) is 1. The van der Waals surface area contributed by atoms with Gasteiger partial charge in [-0.15, -0.1) is 0 Å². The van der Waals surface area contributed by atoms with Gasteiger partial charge in [-0.05, 0) is 25.8 Å². The molecule has 0 spiro atoms. The van der Waals surface area contributed by atoms with E-state index in [4.69, 9.17) is 4.74 Å². The van der Waals surface area contributed by atoms with E-state index < -0.39 is 0 Å². The van der Waals surface area contributed by atoms with Gasteiger partial charge < -0.3 is 4.74 Å². The Balaban J connectivity index is 2.07. The smallest absolute Gasteiger partial charge is 0.0989 e. The SMILES string of the molecule is CCC1(C)OC1(C)Cc1ccccc1. The molecule has 1 heterocycles. The van der Waals surface area contributed by atoms with E-state index in [1.165, 1.54) is 5.56 Å².